The van der Waals surface area contributed by atoms with Crippen LogP contribution >= 0.6 is 0 Å². The third-order valence-corrected chi connectivity index (χ3v) is 4.40. The molecular weight excluding hydrogens is 316 g/mol. The van der Waals surface area contributed by atoms with Gasteiger partial charge in [0.15, 0.2) is 0 Å². The van der Waals surface area contributed by atoms with Crippen molar-refractivity contribution < 1.29 is 4.79 Å². The first kappa shape index (κ1) is 15.1. The highest BCUT2D eigenvalue weighted by Crippen LogP contribution is 2.16. The van der Waals surface area contributed by atoms with Gasteiger partial charge in [-0.25, -0.2) is 9.97 Å². The summed E-state index contributed by atoms with van der Waals surface area (Å²) in [6.07, 6.45) is 6.94. The zero-order valence-electron chi connectivity index (χ0n) is 13.5. The van der Waals surface area contributed by atoms with Crippen LogP contribution in [0, 0.1) is 11.3 Å². The number of anilines is 1. The molecule has 0 N–H and O–H groups in total. The minimum atomic E-state index is 0.0306. The van der Waals surface area contributed by atoms with Gasteiger partial charge in [0, 0.05) is 51.0 Å². The van der Waals surface area contributed by atoms with Crippen molar-refractivity contribution in [1.82, 2.24) is 19.3 Å². The van der Waals surface area contributed by atoms with Gasteiger partial charge >= 0.3 is 0 Å². The Labute approximate surface area is 144 Å². The largest absolute Gasteiger partial charge is 0.353 e. The number of aromatic nitrogens is 3. The lowest BCUT2D eigenvalue weighted by molar-refractivity contribution is 0.0746. The molecule has 4 rings (SSSR count). The standard InChI is InChI=1S/C18H16N6O/c19-11-14-1-3-17(21-12-14)22-7-9-23(10-8-22)18(25)15-2-4-16-20-5-6-24(16)13-15/h1-6,12-13H,7-10H2. The van der Waals surface area contributed by atoms with Crippen LogP contribution in [-0.4, -0.2) is 51.4 Å². The van der Waals surface area contributed by atoms with Crippen molar-refractivity contribution in [3.05, 3.63) is 60.2 Å². The average molecular weight is 332 g/mol. The van der Waals surface area contributed by atoms with E-state index in [1.54, 1.807) is 18.5 Å². The predicted octanol–water partition coefficient (Wildman–Crippen LogP) is 1.56. The number of carbonyl (C=O) groups excluding carboxylic acids is 1. The van der Waals surface area contributed by atoms with Crippen LogP contribution in [0.2, 0.25) is 0 Å². The molecule has 0 bridgehead atoms. The van der Waals surface area contributed by atoms with Crippen LogP contribution in [0.5, 0.6) is 0 Å². The first-order valence-corrected chi connectivity index (χ1v) is 8.08. The van der Waals surface area contributed by atoms with E-state index in [1.165, 1.54) is 0 Å². The maximum atomic E-state index is 12.7. The fraction of sp³-hybridized carbons (Fsp3) is 0.222. The van der Waals surface area contributed by atoms with Crippen molar-refractivity contribution in [2.45, 2.75) is 0 Å². The molecule has 1 fully saturated rings. The summed E-state index contributed by atoms with van der Waals surface area (Å²) >= 11 is 0. The Morgan fingerprint density at radius 3 is 2.64 bits per heavy atom. The highest BCUT2D eigenvalue weighted by atomic mass is 16.2. The highest BCUT2D eigenvalue weighted by molar-refractivity contribution is 5.94. The second-order valence-corrected chi connectivity index (χ2v) is 5.91. The third kappa shape index (κ3) is 2.90. The second kappa shape index (κ2) is 6.24. The average Bonchev–Trinajstić information content (AvgIpc) is 3.15. The Bertz CT molecular complexity index is 948. The highest BCUT2D eigenvalue weighted by Gasteiger charge is 2.23. The van der Waals surface area contributed by atoms with E-state index in [0.717, 1.165) is 24.6 Å². The lowest BCUT2D eigenvalue weighted by Gasteiger charge is -2.35. The van der Waals surface area contributed by atoms with Gasteiger partial charge in [-0.05, 0) is 24.3 Å². The van der Waals surface area contributed by atoms with E-state index in [2.05, 4.69) is 20.9 Å². The number of hydrogen-bond acceptors (Lipinski definition) is 5. The third-order valence-electron chi connectivity index (χ3n) is 4.40. The van der Waals surface area contributed by atoms with Crippen molar-refractivity contribution >= 4 is 17.4 Å². The van der Waals surface area contributed by atoms with Gasteiger partial charge in [-0.2, -0.15) is 5.26 Å². The summed E-state index contributed by atoms with van der Waals surface area (Å²) in [4.78, 5) is 25.2. The Hall–Kier alpha value is -3.40. The molecule has 7 nitrogen and oxygen atoms in total. The van der Waals surface area contributed by atoms with E-state index in [-0.39, 0.29) is 5.91 Å². The molecule has 4 heterocycles. The summed E-state index contributed by atoms with van der Waals surface area (Å²) in [6.45, 7) is 2.72. The van der Waals surface area contributed by atoms with Crippen LogP contribution in [0.1, 0.15) is 15.9 Å². The van der Waals surface area contributed by atoms with E-state index in [4.69, 9.17) is 5.26 Å². The van der Waals surface area contributed by atoms with Gasteiger partial charge in [0.05, 0.1) is 11.1 Å². The summed E-state index contributed by atoms with van der Waals surface area (Å²) in [6, 6.07) is 9.35. The Balaban J connectivity index is 1.43. The molecule has 0 spiro atoms. The van der Waals surface area contributed by atoms with Crippen LogP contribution in [0.3, 0.4) is 0 Å². The first-order valence-electron chi connectivity index (χ1n) is 8.08. The molecular formula is C18H16N6O. The number of nitriles is 1. The molecule has 0 aliphatic carbocycles. The summed E-state index contributed by atoms with van der Waals surface area (Å²) < 4.78 is 1.85. The number of amides is 1. The van der Waals surface area contributed by atoms with Crippen LogP contribution in [0.15, 0.2) is 49.1 Å². The number of piperazine rings is 1. The molecule has 3 aromatic rings. The monoisotopic (exact) mass is 332 g/mol. The number of carbonyl (C=O) groups is 1. The molecule has 7 heteroatoms. The number of nitrogens with zero attached hydrogens (tertiary/aromatic N) is 6. The minimum Gasteiger partial charge on any atom is -0.353 e. The number of hydrogen-bond donors (Lipinski definition) is 0. The van der Waals surface area contributed by atoms with E-state index < -0.39 is 0 Å². The normalized spacial score (nSPS) is 14.5. The molecule has 3 aromatic heterocycles. The molecule has 1 aliphatic rings. The van der Waals surface area contributed by atoms with Gasteiger partial charge in [-0.3, -0.25) is 4.79 Å². The van der Waals surface area contributed by atoms with E-state index in [9.17, 15) is 4.79 Å². The summed E-state index contributed by atoms with van der Waals surface area (Å²) in [5.41, 5.74) is 2.04. The molecule has 1 saturated heterocycles. The fourth-order valence-electron chi connectivity index (χ4n) is 3.01. The van der Waals surface area contributed by atoms with Crippen LogP contribution in [0.25, 0.3) is 5.65 Å². The molecule has 0 unspecified atom stereocenters. The quantitative estimate of drug-likeness (QED) is 0.712. The lowest BCUT2D eigenvalue weighted by atomic mass is 10.2. The number of rotatable bonds is 2. The van der Waals surface area contributed by atoms with Crippen LogP contribution < -0.4 is 4.90 Å². The summed E-state index contributed by atoms with van der Waals surface area (Å²) in [7, 11) is 0. The molecule has 0 radical (unpaired) electrons. The Morgan fingerprint density at radius 2 is 1.92 bits per heavy atom. The maximum absolute atomic E-state index is 12.7. The molecule has 25 heavy (non-hydrogen) atoms. The van der Waals surface area contributed by atoms with Crippen molar-refractivity contribution in [2.24, 2.45) is 0 Å². The first-order chi connectivity index (χ1) is 12.2. The van der Waals surface area contributed by atoms with Crippen molar-refractivity contribution in [2.75, 3.05) is 31.1 Å². The van der Waals surface area contributed by atoms with E-state index >= 15 is 0 Å². The number of imidazole rings is 1. The topological polar surface area (TPSA) is 77.5 Å². The molecule has 0 aromatic carbocycles. The number of fused-ring (bicyclic) bond motifs is 1. The molecule has 0 saturated carbocycles. The van der Waals surface area contributed by atoms with Gasteiger partial charge in [-0.15, -0.1) is 0 Å². The van der Waals surface area contributed by atoms with Crippen molar-refractivity contribution in [3.63, 3.8) is 0 Å². The van der Waals surface area contributed by atoms with E-state index in [1.807, 2.05) is 39.9 Å². The van der Waals surface area contributed by atoms with Gasteiger partial charge in [0.1, 0.15) is 17.5 Å². The zero-order chi connectivity index (χ0) is 17.2. The zero-order valence-corrected chi connectivity index (χ0v) is 13.5. The maximum Gasteiger partial charge on any atom is 0.255 e. The van der Waals surface area contributed by atoms with E-state index in [0.29, 0.717) is 24.2 Å². The Kier molecular flexibility index (Phi) is 3.78. The number of pyridine rings is 2. The molecule has 1 amide bonds. The second-order valence-electron chi connectivity index (χ2n) is 5.91. The fourth-order valence-corrected chi connectivity index (χ4v) is 3.01. The van der Waals surface area contributed by atoms with Gasteiger partial charge < -0.3 is 14.2 Å². The predicted molar refractivity (Wildman–Crippen MR) is 92.3 cm³/mol. The summed E-state index contributed by atoms with van der Waals surface area (Å²) in [5, 5.41) is 8.84. The smallest absolute Gasteiger partial charge is 0.255 e. The van der Waals surface area contributed by atoms with Gasteiger partial charge in [0.25, 0.3) is 5.91 Å². The van der Waals surface area contributed by atoms with Crippen LogP contribution in [0.4, 0.5) is 5.82 Å². The SMILES string of the molecule is N#Cc1ccc(N2CCN(C(=O)c3ccc4nccn4c3)CC2)nc1. The minimum absolute atomic E-state index is 0.0306. The Morgan fingerprint density at radius 1 is 1.08 bits per heavy atom. The van der Waals surface area contributed by atoms with Gasteiger partial charge in [0.2, 0.25) is 0 Å². The van der Waals surface area contributed by atoms with Crippen LogP contribution in [-0.2, 0) is 0 Å². The van der Waals surface area contributed by atoms with Crippen molar-refractivity contribution in [1.29, 1.82) is 5.26 Å². The molecule has 124 valence electrons. The lowest BCUT2D eigenvalue weighted by Crippen LogP contribution is -2.49. The van der Waals surface area contributed by atoms with Crippen molar-refractivity contribution in [3.8, 4) is 6.07 Å². The summed E-state index contributed by atoms with van der Waals surface area (Å²) in [5.74, 6) is 0.869. The molecule has 1 aliphatic heterocycles. The van der Waals surface area contributed by atoms with Gasteiger partial charge in [-0.1, -0.05) is 0 Å². The molecule has 0 atom stereocenters.